The van der Waals surface area contributed by atoms with Crippen LogP contribution in [0.1, 0.15) is 13.8 Å². The highest BCUT2D eigenvalue weighted by Gasteiger charge is 2.64. The summed E-state index contributed by atoms with van der Waals surface area (Å²) in [6.07, 6.45) is 1.73. The molecule has 0 aliphatic carbocycles. The van der Waals surface area contributed by atoms with Gasteiger partial charge in [0, 0.05) is 17.0 Å². The Labute approximate surface area is 175 Å². The van der Waals surface area contributed by atoms with E-state index in [4.69, 9.17) is 4.74 Å². The Balaban J connectivity index is 0.00000364. The van der Waals surface area contributed by atoms with E-state index in [0.717, 1.165) is 0 Å². The van der Waals surface area contributed by atoms with Crippen LogP contribution < -0.4 is 5.32 Å². The second kappa shape index (κ2) is 10.0. The van der Waals surface area contributed by atoms with Gasteiger partial charge in [0.15, 0.2) is 0 Å². The van der Waals surface area contributed by atoms with Gasteiger partial charge in [-0.2, -0.15) is 0 Å². The van der Waals surface area contributed by atoms with Crippen LogP contribution in [0.5, 0.6) is 0 Å². The molecule has 0 saturated carbocycles. The largest absolute Gasteiger partial charge is 0.463 e. The van der Waals surface area contributed by atoms with Crippen LogP contribution in [0.25, 0.3) is 0 Å². The molecular weight excluding hydrogens is 410 g/mol. The van der Waals surface area contributed by atoms with Gasteiger partial charge in [-0.05, 0) is 27.9 Å². The van der Waals surface area contributed by atoms with E-state index in [1.807, 2.05) is 32.8 Å². The third kappa shape index (κ3) is 5.56. The van der Waals surface area contributed by atoms with Crippen molar-refractivity contribution >= 4 is 53.7 Å². The number of fused-ring (bicyclic) bond motifs is 1. The molecule has 2 saturated heterocycles. The molecule has 2 rings (SSSR count). The average Bonchev–Trinajstić information content (AvgIpc) is 2.80. The number of esters is 1. The van der Waals surface area contributed by atoms with E-state index in [1.165, 1.54) is 23.5 Å². The van der Waals surface area contributed by atoms with Crippen molar-refractivity contribution in [2.75, 3.05) is 38.8 Å². The van der Waals surface area contributed by atoms with E-state index in [2.05, 4.69) is 11.9 Å². The zero-order valence-electron chi connectivity index (χ0n) is 16.1. The zero-order chi connectivity index (χ0) is 19.5. The maximum atomic E-state index is 12.6. The van der Waals surface area contributed by atoms with E-state index in [1.54, 1.807) is 11.0 Å². The number of β-lactam (4-membered cyclic amide) rings is 1. The minimum absolute atomic E-state index is 0. The normalized spacial score (nSPS) is 25.3. The summed E-state index contributed by atoms with van der Waals surface area (Å²) in [4.78, 5) is 40.6. The number of thioether (sulfide) groups is 2. The predicted molar refractivity (Wildman–Crippen MR) is 112 cm³/mol. The highest BCUT2D eigenvalue weighted by Crippen LogP contribution is 2.51. The Morgan fingerprint density at radius 3 is 2.70 bits per heavy atom. The lowest BCUT2D eigenvalue weighted by atomic mass is 9.96. The number of nitrogens with zero attached hydrogens (tertiary/aromatic N) is 2. The molecule has 3 atom stereocenters. The molecule has 0 bridgehead atoms. The van der Waals surface area contributed by atoms with Crippen LogP contribution in [-0.4, -0.2) is 88.5 Å². The Kier molecular flexibility index (Phi) is 8.98. The van der Waals surface area contributed by atoms with Crippen molar-refractivity contribution in [1.82, 2.24) is 15.1 Å². The van der Waals surface area contributed by atoms with Gasteiger partial charge in [0.05, 0.1) is 5.75 Å². The minimum atomic E-state index is -0.629. The average molecular weight is 438 g/mol. The number of rotatable bonds is 9. The number of nitrogens with one attached hydrogen (secondary N) is 1. The third-order valence-electron chi connectivity index (χ3n) is 4.23. The quantitative estimate of drug-likeness (QED) is 0.249. The highest BCUT2D eigenvalue weighted by molar-refractivity contribution is 8.01. The lowest BCUT2D eigenvalue weighted by Crippen LogP contribution is -2.70. The lowest BCUT2D eigenvalue weighted by molar-refractivity contribution is -0.164. The maximum absolute atomic E-state index is 12.6. The number of amides is 2. The first-order valence-corrected chi connectivity index (χ1v) is 10.5. The SMILES string of the molecule is C=CCSCC(=O)N[C@@H]1C(=O)N2[C@@H]1SC(C)(C)[C@@H]2C(=O)OCCN(C)C.Cl. The van der Waals surface area contributed by atoms with Crippen LogP contribution in [0.4, 0.5) is 0 Å². The molecule has 2 aliphatic heterocycles. The summed E-state index contributed by atoms with van der Waals surface area (Å²) in [7, 11) is 3.80. The molecule has 2 fully saturated rings. The van der Waals surface area contributed by atoms with E-state index in [0.29, 0.717) is 12.3 Å². The van der Waals surface area contributed by atoms with E-state index >= 15 is 0 Å². The molecular formula is C17H28ClN3O4S2. The van der Waals surface area contributed by atoms with Gasteiger partial charge in [0.25, 0.3) is 0 Å². The van der Waals surface area contributed by atoms with Crippen molar-refractivity contribution in [3.05, 3.63) is 12.7 Å². The number of halogens is 1. The number of hydrogen-bond donors (Lipinski definition) is 1. The van der Waals surface area contributed by atoms with Crippen molar-refractivity contribution in [2.24, 2.45) is 0 Å². The van der Waals surface area contributed by atoms with Gasteiger partial charge < -0.3 is 19.9 Å². The zero-order valence-corrected chi connectivity index (χ0v) is 18.5. The Bertz CT molecular complexity index is 589. The van der Waals surface area contributed by atoms with Crippen molar-refractivity contribution in [1.29, 1.82) is 0 Å². The molecule has 0 unspecified atom stereocenters. The molecule has 154 valence electrons. The fourth-order valence-electron chi connectivity index (χ4n) is 2.98. The smallest absolute Gasteiger partial charge is 0.330 e. The molecule has 0 aromatic carbocycles. The fraction of sp³-hybridized carbons (Fsp3) is 0.706. The highest BCUT2D eigenvalue weighted by atomic mass is 35.5. The van der Waals surface area contributed by atoms with Crippen LogP contribution in [0.2, 0.25) is 0 Å². The summed E-state index contributed by atoms with van der Waals surface area (Å²) in [5, 5.41) is 2.56. The molecule has 2 amide bonds. The Morgan fingerprint density at radius 2 is 2.11 bits per heavy atom. The number of carbonyl (C=O) groups is 3. The van der Waals surface area contributed by atoms with Gasteiger partial charge in [-0.15, -0.1) is 42.5 Å². The topological polar surface area (TPSA) is 79.0 Å². The number of ether oxygens (including phenoxy) is 1. The standard InChI is InChI=1S/C17H27N3O4S2.ClH/c1-6-9-25-10-11(21)18-12-14(22)20-13(17(2,3)26-15(12)20)16(23)24-8-7-19(4)5;/h6,12-13,15H,1,7-10H2,2-5H3,(H,18,21);1H/t12-,13+,15-;/m1./s1. The lowest BCUT2D eigenvalue weighted by Gasteiger charge is -2.43. The first kappa shape index (κ1) is 24.1. The summed E-state index contributed by atoms with van der Waals surface area (Å²) in [6, 6.07) is -1.20. The fourth-order valence-corrected chi connectivity index (χ4v) is 5.16. The molecule has 0 aromatic rings. The van der Waals surface area contributed by atoms with Crippen molar-refractivity contribution in [2.45, 2.75) is 36.1 Å². The molecule has 27 heavy (non-hydrogen) atoms. The van der Waals surface area contributed by atoms with Gasteiger partial charge >= 0.3 is 5.97 Å². The number of hydrogen-bond acceptors (Lipinski definition) is 7. The molecule has 0 spiro atoms. The van der Waals surface area contributed by atoms with E-state index < -0.39 is 16.8 Å². The molecule has 2 heterocycles. The molecule has 1 N–H and O–H groups in total. The molecule has 0 radical (unpaired) electrons. The van der Waals surface area contributed by atoms with Gasteiger partial charge in [-0.1, -0.05) is 6.08 Å². The molecule has 10 heteroatoms. The minimum Gasteiger partial charge on any atom is -0.463 e. The van der Waals surface area contributed by atoms with E-state index in [-0.39, 0.29) is 47.9 Å². The van der Waals surface area contributed by atoms with Gasteiger partial charge in [-0.3, -0.25) is 9.59 Å². The van der Waals surface area contributed by atoms with Crippen LogP contribution in [0.15, 0.2) is 12.7 Å². The second-order valence-electron chi connectivity index (χ2n) is 7.08. The van der Waals surface area contributed by atoms with Crippen molar-refractivity contribution in [3.63, 3.8) is 0 Å². The second-order valence-corrected chi connectivity index (χ2v) is 9.88. The van der Waals surface area contributed by atoms with Crippen molar-refractivity contribution < 1.29 is 19.1 Å². The van der Waals surface area contributed by atoms with Crippen LogP contribution in [0, 0.1) is 0 Å². The Morgan fingerprint density at radius 1 is 1.44 bits per heavy atom. The monoisotopic (exact) mass is 437 g/mol. The summed E-state index contributed by atoms with van der Waals surface area (Å²) < 4.78 is 4.90. The van der Waals surface area contributed by atoms with Gasteiger partial charge in [0.1, 0.15) is 24.1 Å². The third-order valence-corrected chi connectivity index (χ3v) is 6.74. The number of carbonyl (C=O) groups excluding carboxylic acids is 3. The number of likely N-dealkylation sites (N-methyl/N-ethyl adjacent to an activating group) is 1. The van der Waals surface area contributed by atoms with Gasteiger partial charge in [-0.25, -0.2) is 4.79 Å². The molecule has 2 aliphatic rings. The van der Waals surface area contributed by atoms with Gasteiger partial charge in [0.2, 0.25) is 11.8 Å². The first-order valence-electron chi connectivity index (χ1n) is 8.48. The first-order chi connectivity index (χ1) is 12.2. The van der Waals surface area contributed by atoms with Crippen LogP contribution >= 0.6 is 35.9 Å². The van der Waals surface area contributed by atoms with E-state index in [9.17, 15) is 14.4 Å². The summed E-state index contributed by atoms with van der Waals surface area (Å²) in [6.45, 7) is 8.39. The summed E-state index contributed by atoms with van der Waals surface area (Å²) >= 11 is 2.97. The van der Waals surface area contributed by atoms with Crippen molar-refractivity contribution in [3.8, 4) is 0 Å². The van der Waals surface area contributed by atoms with Crippen LogP contribution in [0.3, 0.4) is 0 Å². The van der Waals surface area contributed by atoms with Crippen LogP contribution in [-0.2, 0) is 19.1 Å². The molecule has 0 aromatic heterocycles. The predicted octanol–water partition coefficient (Wildman–Crippen LogP) is 0.979. The molecule has 7 nitrogen and oxygen atoms in total. The summed E-state index contributed by atoms with van der Waals surface area (Å²) in [5.74, 6) is 0.193. The summed E-state index contributed by atoms with van der Waals surface area (Å²) in [5.41, 5.74) is 0. The maximum Gasteiger partial charge on any atom is 0.330 e. The Hall–Kier alpha value is -0.900.